The van der Waals surface area contributed by atoms with Crippen LogP contribution in [0, 0.1) is 0 Å². The maximum atomic E-state index is 11.3. The first kappa shape index (κ1) is 11.5. The molecule has 6 heteroatoms. The van der Waals surface area contributed by atoms with Gasteiger partial charge in [-0.25, -0.2) is 13.6 Å². The van der Waals surface area contributed by atoms with Gasteiger partial charge in [-0.1, -0.05) is 12.1 Å². The molecule has 0 saturated carbocycles. The van der Waals surface area contributed by atoms with Gasteiger partial charge < -0.3 is 4.79 Å². The van der Waals surface area contributed by atoms with Crippen LogP contribution in [0.15, 0.2) is 29.2 Å². The molecule has 0 bridgehead atoms. The Kier molecular flexibility index (Phi) is 3.33. The van der Waals surface area contributed by atoms with E-state index in [0.29, 0.717) is 6.29 Å². The molecule has 15 heavy (non-hydrogen) atoms. The van der Waals surface area contributed by atoms with Crippen LogP contribution in [0.4, 0.5) is 0 Å². The highest BCUT2D eigenvalue weighted by Crippen LogP contribution is 2.10. The summed E-state index contributed by atoms with van der Waals surface area (Å²) in [5.41, 5.74) is 0.161. The molecule has 0 aliphatic carbocycles. The van der Waals surface area contributed by atoms with E-state index in [1.807, 2.05) is 0 Å². The fourth-order valence-electron chi connectivity index (χ4n) is 1.04. The van der Waals surface area contributed by atoms with E-state index in [0.717, 1.165) is 6.07 Å². The van der Waals surface area contributed by atoms with Gasteiger partial charge in [0, 0.05) is 5.56 Å². The van der Waals surface area contributed by atoms with Crippen molar-refractivity contribution >= 4 is 22.1 Å². The van der Waals surface area contributed by atoms with Crippen molar-refractivity contribution in [2.24, 2.45) is 5.14 Å². The van der Waals surface area contributed by atoms with E-state index in [4.69, 9.17) is 5.14 Å². The van der Waals surface area contributed by atoms with Gasteiger partial charge in [0.05, 0.1) is 11.3 Å². The number of Topliss-reactive ketones (excluding diaryl/α,β-unsaturated/α-hetero) is 1. The quantitative estimate of drug-likeness (QED) is 0.448. The third-order valence-electron chi connectivity index (χ3n) is 1.75. The van der Waals surface area contributed by atoms with Crippen molar-refractivity contribution in [3.63, 3.8) is 0 Å². The first-order valence-electron chi connectivity index (χ1n) is 4.05. The van der Waals surface area contributed by atoms with E-state index in [-0.39, 0.29) is 16.9 Å². The first-order valence-corrected chi connectivity index (χ1v) is 5.59. The predicted octanol–water partition coefficient (Wildman–Crippen LogP) is 0.106. The van der Waals surface area contributed by atoms with Crippen LogP contribution in [0.1, 0.15) is 16.8 Å². The SMILES string of the molecule is NS(=O)(=O)c1cccc(C(=O)CC=O)c1. The molecule has 0 amide bonds. The molecule has 0 aromatic heterocycles. The van der Waals surface area contributed by atoms with Crippen molar-refractivity contribution < 1.29 is 18.0 Å². The van der Waals surface area contributed by atoms with Gasteiger partial charge in [-0.3, -0.25) is 4.79 Å². The number of benzene rings is 1. The lowest BCUT2D eigenvalue weighted by atomic mass is 10.1. The van der Waals surface area contributed by atoms with Gasteiger partial charge >= 0.3 is 0 Å². The van der Waals surface area contributed by atoms with Crippen molar-refractivity contribution in [1.29, 1.82) is 0 Å². The Hall–Kier alpha value is -1.53. The summed E-state index contributed by atoms with van der Waals surface area (Å²) in [6.45, 7) is 0. The minimum atomic E-state index is -3.81. The minimum Gasteiger partial charge on any atom is -0.303 e. The van der Waals surface area contributed by atoms with E-state index >= 15 is 0 Å². The standard InChI is InChI=1S/C9H9NO4S/c10-15(13,14)8-3-1-2-7(6-8)9(12)4-5-11/h1-3,5-6H,4H2,(H2,10,13,14). The third kappa shape index (κ3) is 2.97. The Morgan fingerprint density at radius 3 is 2.60 bits per heavy atom. The number of rotatable bonds is 4. The third-order valence-corrected chi connectivity index (χ3v) is 2.66. The zero-order valence-electron chi connectivity index (χ0n) is 7.71. The lowest BCUT2D eigenvalue weighted by Crippen LogP contribution is -2.13. The smallest absolute Gasteiger partial charge is 0.238 e. The number of sulfonamides is 1. The maximum absolute atomic E-state index is 11.3. The van der Waals surface area contributed by atoms with Gasteiger partial charge in [-0.15, -0.1) is 0 Å². The maximum Gasteiger partial charge on any atom is 0.238 e. The Morgan fingerprint density at radius 2 is 2.07 bits per heavy atom. The second-order valence-electron chi connectivity index (χ2n) is 2.87. The van der Waals surface area contributed by atoms with Crippen LogP contribution in [0.2, 0.25) is 0 Å². The molecular formula is C9H9NO4S. The van der Waals surface area contributed by atoms with Crippen LogP contribution >= 0.6 is 0 Å². The number of hydrogen-bond donors (Lipinski definition) is 1. The fourth-order valence-corrected chi connectivity index (χ4v) is 1.60. The van der Waals surface area contributed by atoms with Gasteiger partial charge in [0.25, 0.3) is 0 Å². The second kappa shape index (κ2) is 4.33. The molecule has 2 N–H and O–H groups in total. The van der Waals surface area contributed by atoms with Crippen molar-refractivity contribution in [1.82, 2.24) is 0 Å². The summed E-state index contributed by atoms with van der Waals surface area (Å²) >= 11 is 0. The van der Waals surface area contributed by atoms with E-state index < -0.39 is 15.8 Å². The summed E-state index contributed by atoms with van der Waals surface area (Å²) in [6.07, 6.45) is 0.194. The van der Waals surface area contributed by atoms with Gasteiger partial charge in [-0.2, -0.15) is 0 Å². The van der Waals surface area contributed by atoms with E-state index in [2.05, 4.69) is 0 Å². The molecule has 0 aliphatic rings. The number of carbonyl (C=O) groups is 2. The van der Waals surface area contributed by atoms with E-state index in [1.165, 1.54) is 18.2 Å². The largest absolute Gasteiger partial charge is 0.303 e. The van der Waals surface area contributed by atoms with Crippen LogP contribution in [-0.2, 0) is 14.8 Å². The van der Waals surface area contributed by atoms with Crippen molar-refractivity contribution in [3.05, 3.63) is 29.8 Å². The number of hydrogen-bond acceptors (Lipinski definition) is 4. The summed E-state index contributed by atoms with van der Waals surface area (Å²) in [4.78, 5) is 21.2. The first-order chi connectivity index (χ1) is 6.95. The summed E-state index contributed by atoms with van der Waals surface area (Å²) in [7, 11) is -3.81. The normalized spacial score (nSPS) is 11.0. The van der Waals surface area contributed by atoms with Gasteiger partial charge in [0.1, 0.15) is 6.29 Å². The number of ketones is 1. The van der Waals surface area contributed by atoms with Crippen molar-refractivity contribution in [2.75, 3.05) is 0 Å². The second-order valence-corrected chi connectivity index (χ2v) is 4.43. The van der Waals surface area contributed by atoms with Crippen molar-refractivity contribution in [3.8, 4) is 0 Å². The molecule has 80 valence electrons. The minimum absolute atomic E-state index is 0.140. The Morgan fingerprint density at radius 1 is 1.40 bits per heavy atom. The number of aldehydes is 1. The van der Waals surface area contributed by atoms with E-state index in [9.17, 15) is 18.0 Å². The Balaban J connectivity index is 3.14. The molecule has 0 saturated heterocycles. The molecule has 0 spiro atoms. The van der Waals surface area contributed by atoms with Crippen LogP contribution in [0.5, 0.6) is 0 Å². The molecule has 0 atom stereocenters. The molecule has 5 nitrogen and oxygen atoms in total. The molecule has 1 aromatic rings. The number of nitrogens with two attached hydrogens (primary N) is 1. The summed E-state index contributed by atoms with van der Waals surface area (Å²) in [5, 5.41) is 4.89. The van der Waals surface area contributed by atoms with Crippen molar-refractivity contribution in [2.45, 2.75) is 11.3 Å². The average molecular weight is 227 g/mol. The molecule has 0 unspecified atom stereocenters. The Bertz CT molecular complexity index is 493. The highest BCUT2D eigenvalue weighted by molar-refractivity contribution is 7.89. The lowest BCUT2D eigenvalue weighted by Gasteiger charge is -2.00. The lowest BCUT2D eigenvalue weighted by molar-refractivity contribution is -0.107. The highest BCUT2D eigenvalue weighted by Gasteiger charge is 2.11. The van der Waals surface area contributed by atoms with Crippen LogP contribution in [-0.4, -0.2) is 20.5 Å². The van der Waals surface area contributed by atoms with Crippen LogP contribution in [0.25, 0.3) is 0 Å². The highest BCUT2D eigenvalue weighted by atomic mass is 32.2. The molecule has 0 heterocycles. The summed E-state index contributed by atoms with van der Waals surface area (Å²) in [5.74, 6) is -0.435. The topological polar surface area (TPSA) is 94.3 Å². The summed E-state index contributed by atoms with van der Waals surface area (Å²) in [6, 6.07) is 5.27. The zero-order chi connectivity index (χ0) is 11.5. The molecule has 0 radical (unpaired) electrons. The molecular weight excluding hydrogens is 218 g/mol. The molecule has 1 aromatic carbocycles. The van der Waals surface area contributed by atoms with Gasteiger partial charge in [0.15, 0.2) is 5.78 Å². The average Bonchev–Trinajstić information content (AvgIpc) is 2.17. The fraction of sp³-hybridized carbons (Fsp3) is 0.111. The predicted molar refractivity (Wildman–Crippen MR) is 52.8 cm³/mol. The van der Waals surface area contributed by atoms with Gasteiger partial charge in [0.2, 0.25) is 10.0 Å². The van der Waals surface area contributed by atoms with Crippen LogP contribution in [0.3, 0.4) is 0 Å². The Labute approximate surface area is 86.9 Å². The van der Waals surface area contributed by atoms with E-state index in [1.54, 1.807) is 0 Å². The number of carbonyl (C=O) groups excluding carboxylic acids is 2. The zero-order valence-corrected chi connectivity index (χ0v) is 8.53. The summed E-state index contributed by atoms with van der Waals surface area (Å²) < 4.78 is 21.9. The number of primary sulfonamides is 1. The monoisotopic (exact) mass is 227 g/mol. The molecule has 0 fully saturated rings. The van der Waals surface area contributed by atoms with Crippen LogP contribution < -0.4 is 5.14 Å². The molecule has 1 rings (SSSR count). The van der Waals surface area contributed by atoms with Gasteiger partial charge in [-0.05, 0) is 12.1 Å². The molecule has 0 aliphatic heterocycles.